The largest absolute Gasteiger partial charge is 0.494 e. The number of cyclic esters (lactones) is 1. The summed E-state index contributed by atoms with van der Waals surface area (Å²) in [5.41, 5.74) is 2.98. The van der Waals surface area contributed by atoms with Gasteiger partial charge in [0.2, 0.25) is 0 Å². The number of methoxy groups -OCH3 is 1. The Hall–Kier alpha value is -3.35. The van der Waals surface area contributed by atoms with E-state index >= 15 is 0 Å². The minimum Gasteiger partial charge on any atom is -0.494 e. The Morgan fingerprint density at radius 2 is 1.97 bits per heavy atom. The van der Waals surface area contributed by atoms with Crippen LogP contribution in [0, 0.1) is 6.92 Å². The molecule has 2 aromatic carbocycles. The highest BCUT2D eigenvalue weighted by atomic mass is 16.6. The van der Waals surface area contributed by atoms with E-state index in [0.717, 1.165) is 35.0 Å². The third-order valence-corrected chi connectivity index (χ3v) is 5.88. The lowest BCUT2D eigenvalue weighted by atomic mass is 9.97. The monoisotopic (exact) mass is 406 g/mol. The number of carbonyl (C=O) groups is 1. The standard InChI is InChI=1S/C23H26N4O3/c1-5-23(6-2)13-27(22(28)30-23)19-11-16-18(12-20(19)29-4)24-14-25-21(16)26-17-10-8-7-9-15(17)3/h7-12,14H,5-6,13H2,1-4H3,(H,24,25,26). The molecule has 1 N–H and O–H groups in total. The molecule has 156 valence electrons. The molecule has 1 amide bonds. The Morgan fingerprint density at radius 3 is 2.63 bits per heavy atom. The molecular formula is C23H26N4O3. The van der Waals surface area contributed by atoms with Gasteiger partial charge in [-0.1, -0.05) is 32.0 Å². The van der Waals surface area contributed by atoms with Gasteiger partial charge in [-0.3, -0.25) is 4.90 Å². The molecular weight excluding hydrogens is 380 g/mol. The van der Waals surface area contributed by atoms with Crippen molar-refractivity contribution in [2.75, 3.05) is 23.9 Å². The van der Waals surface area contributed by atoms with Crippen LogP contribution in [0.1, 0.15) is 32.3 Å². The van der Waals surface area contributed by atoms with Crippen LogP contribution in [-0.4, -0.2) is 35.3 Å². The Balaban J connectivity index is 1.81. The Kier molecular flexibility index (Phi) is 5.20. The van der Waals surface area contributed by atoms with Gasteiger partial charge >= 0.3 is 6.09 Å². The van der Waals surface area contributed by atoms with Gasteiger partial charge in [0.15, 0.2) is 0 Å². The molecule has 0 spiro atoms. The van der Waals surface area contributed by atoms with Crippen LogP contribution in [0.2, 0.25) is 0 Å². The van der Waals surface area contributed by atoms with Gasteiger partial charge in [0.25, 0.3) is 0 Å². The summed E-state index contributed by atoms with van der Waals surface area (Å²) in [6, 6.07) is 11.7. The molecule has 0 aliphatic carbocycles. The second-order valence-corrected chi connectivity index (χ2v) is 7.55. The van der Waals surface area contributed by atoms with Gasteiger partial charge in [0.05, 0.1) is 24.9 Å². The number of aryl methyl sites for hydroxylation is 1. The van der Waals surface area contributed by atoms with Gasteiger partial charge in [0.1, 0.15) is 23.5 Å². The number of hydrogen-bond donors (Lipinski definition) is 1. The second kappa shape index (κ2) is 7.82. The number of nitrogens with one attached hydrogen (secondary N) is 1. The van der Waals surface area contributed by atoms with E-state index in [1.807, 2.05) is 57.2 Å². The van der Waals surface area contributed by atoms with E-state index in [1.165, 1.54) is 6.33 Å². The molecule has 1 aliphatic rings. The number of hydrogen-bond acceptors (Lipinski definition) is 6. The highest BCUT2D eigenvalue weighted by Crippen LogP contribution is 2.40. The molecule has 1 fully saturated rings. The number of rotatable bonds is 6. The zero-order chi connectivity index (χ0) is 21.3. The highest BCUT2D eigenvalue weighted by molar-refractivity contribution is 6.00. The molecule has 1 aliphatic heterocycles. The summed E-state index contributed by atoms with van der Waals surface area (Å²) in [6.07, 6.45) is 2.67. The summed E-state index contributed by atoms with van der Waals surface area (Å²) in [5.74, 6) is 1.24. The summed E-state index contributed by atoms with van der Waals surface area (Å²) >= 11 is 0. The number of para-hydroxylation sites is 1. The lowest BCUT2D eigenvalue weighted by molar-refractivity contribution is 0.0504. The van der Waals surface area contributed by atoms with Gasteiger partial charge in [-0.2, -0.15) is 0 Å². The quantitative estimate of drug-likeness (QED) is 0.606. The SMILES string of the molecule is CCC1(CC)CN(c2cc3c(Nc4ccccc4C)ncnc3cc2OC)C(=O)O1. The van der Waals surface area contributed by atoms with Crippen LogP contribution in [-0.2, 0) is 4.74 Å². The molecule has 3 aromatic rings. The Bertz CT molecular complexity index is 1090. The Morgan fingerprint density at radius 1 is 1.20 bits per heavy atom. The third-order valence-electron chi connectivity index (χ3n) is 5.88. The first kappa shape index (κ1) is 19.9. The molecule has 0 saturated carbocycles. The van der Waals surface area contributed by atoms with Crippen molar-refractivity contribution in [1.29, 1.82) is 0 Å². The zero-order valence-electron chi connectivity index (χ0n) is 17.7. The normalized spacial score (nSPS) is 15.3. The molecule has 30 heavy (non-hydrogen) atoms. The molecule has 4 rings (SSSR count). The molecule has 1 aromatic heterocycles. The number of nitrogens with zero attached hydrogens (tertiary/aromatic N) is 3. The lowest BCUT2D eigenvalue weighted by Crippen LogP contribution is -2.33. The van der Waals surface area contributed by atoms with Crippen LogP contribution in [0.15, 0.2) is 42.7 Å². The maximum Gasteiger partial charge on any atom is 0.415 e. The van der Waals surface area contributed by atoms with Crippen LogP contribution in [0.4, 0.5) is 22.0 Å². The van der Waals surface area contributed by atoms with E-state index < -0.39 is 5.60 Å². The van der Waals surface area contributed by atoms with Crippen molar-refractivity contribution in [1.82, 2.24) is 9.97 Å². The number of anilines is 3. The van der Waals surface area contributed by atoms with E-state index in [0.29, 0.717) is 23.8 Å². The average molecular weight is 406 g/mol. The van der Waals surface area contributed by atoms with Gasteiger partial charge in [-0.05, 0) is 37.5 Å². The fraction of sp³-hybridized carbons (Fsp3) is 0.348. The number of benzene rings is 2. The molecule has 7 heteroatoms. The van der Waals surface area contributed by atoms with E-state index in [9.17, 15) is 4.79 Å². The predicted molar refractivity (Wildman–Crippen MR) is 118 cm³/mol. The van der Waals surface area contributed by atoms with Crippen molar-refractivity contribution in [3.63, 3.8) is 0 Å². The van der Waals surface area contributed by atoms with Gasteiger partial charge in [-0.25, -0.2) is 14.8 Å². The summed E-state index contributed by atoms with van der Waals surface area (Å²) in [6.45, 7) is 6.59. The van der Waals surface area contributed by atoms with Crippen LogP contribution in [0.5, 0.6) is 5.75 Å². The van der Waals surface area contributed by atoms with E-state index in [-0.39, 0.29) is 6.09 Å². The van der Waals surface area contributed by atoms with Crippen LogP contribution < -0.4 is 15.0 Å². The third kappa shape index (κ3) is 3.40. The first-order chi connectivity index (χ1) is 14.5. The first-order valence-corrected chi connectivity index (χ1v) is 10.2. The minimum absolute atomic E-state index is 0.360. The summed E-state index contributed by atoms with van der Waals surface area (Å²) < 4.78 is 11.3. The van der Waals surface area contributed by atoms with Crippen molar-refractivity contribution in [2.45, 2.75) is 39.2 Å². The first-order valence-electron chi connectivity index (χ1n) is 10.2. The molecule has 1 saturated heterocycles. The predicted octanol–water partition coefficient (Wildman–Crippen LogP) is 5.21. The maximum absolute atomic E-state index is 12.7. The number of amides is 1. The second-order valence-electron chi connectivity index (χ2n) is 7.55. The number of fused-ring (bicyclic) bond motifs is 1. The topological polar surface area (TPSA) is 76.6 Å². The van der Waals surface area contributed by atoms with Crippen molar-refractivity contribution in [2.24, 2.45) is 0 Å². The molecule has 0 atom stereocenters. The summed E-state index contributed by atoms with van der Waals surface area (Å²) in [5, 5.41) is 4.19. The molecule has 2 heterocycles. The van der Waals surface area contributed by atoms with Crippen LogP contribution in [0.25, 0.3) is 10.9 Å². The highest BCUT2D eigenvalue weighted by Gasteiger charge is 2.44. The van der Waals surface area contributed by atoms with E-state index in [2.05, 4.69) is 15.3 Å². The van der Waals surface area contributed by atoms with Gasteiger partial charge in [0, 0.05) is 17.1 Å². The summed E-state index contributed by atoms with van der Waals surface area (Å²) in [7, 11) is 1.59. The lowest BCUT2D eigenvalue weighted by Gasteiger charge is -2.23. The number of carbonyl (C=O) groups excluding carboxylic acids is 1. The molecule has 0 radical (unpaired) electrons. The number of ether oxygens (including phenoxy) is 2. The summed E-state index contributed by atoms with van der Waals surface area (Å²) in [4.78, 5) is 23.2. The average Bonchev–Trinajstić information content (AvgIpc) is 3.11. The Labute approximate surface area is 176 Å². The fourth-order valence-corrected chi connectivity index (χ4v) is 3.81. The van der Waals surface area contributed by atoms with Crippen molar-refractivity contribution >= 4 is 34.2 Å². The fourth-order valence-electron chi connectivity index (χ4n) is 3.81. The van der Waals surface area contributed by atoms with Gasteiger partial charge < -0.3 is 14.8 Å². The van der Waals surface area contributed by atoms with Crippen LogP contribution in [0.3, 0.4) is 0 Å². The van der Waals surface area contributed by atoms with Crippen molar-refractivity contribution in [3.8, 4) is 5.75 Å². The smallest absolute Gasteiger partial charge is 0.415 e. The maximum atomic E-state index is 12.7. The number of aromatic nitrogens is 2. The molecule has 7 nitrogen and oxygen atoms in total. The minimum atomic E-state index is -0.480. The van der Waals surface area contributed by atoms with Crippen molar-refractivity contribution < 1.29 is 14.3 Å². The molecule has 0 bridgehead atoms. The van der Waals surface area contributed by atoms with E-state index in [4.69, 9.17) is 9.47 Å². The molecule has 0 unspecified atom stereocenters. The van der Waals surface area contributed by atoms with Crippen LogP contribution >= 0.6 is 0 Å². The van der Waals surface area contributed by atoms with E-state index in [1.54, 1.807) is 12.0 Å². The van der Waals surface area contributed by atoms with Crippen molar-refractivity contribution in [3.05, 3.63) is 48.3 Å². The van der Waals surface area contributed by atoms with Gasteiger partial charge in [-0.15, -0.1) is 0 Å². The zero-order valence-corrected chi connectivity index (χ0v) is 17.7.